The number of amides is 1. The van der Waals surface area contributed by atoms with Gasteiger partial charge < -0.3 is 10.6 Å². The third kappa shape index (κ3) is 4.72. The highest BCUT2D eigenvalue weighted by atomic mass is 35.5. The lowest BCUT2D eigenvalue weighted by Gasteiger charge is -2.23. The molecule has 3 aliphatic rings. The molecule has 1 unspecified atom stereocenters. The molecule has 26 heavy (non-hydrogen) atoms. The monoisotopic (exact) mass is 399 g/mol. The average Bonchev–Trinajstić information content (AvgIpc) is 3.05. The molecule has 2 aliphatic heterocycles. The van der Waals surface area contributed by atoms with Gasteiger partial charge in [-0.2, -0.15) is 0 Å². The van der Waals surface area contributed by atoms with Crippen LogP contribution >= 0.6 is 24.8 Å². The molecule has 0 aromatic heterocycles. The van der Waals surface area contributed by atoms with Crippen molar-refractivity contribution in [1.29, 1.82) is 0 Å². The van der Waals surface area contributed by atoms with Crippen LogP contribution in [-0.4, -0.2) is 37.0 Å². The first-order valence-corrected chi connectivity index (χ1v) is 9.54. The lowest BCUT2D eigenvalue weighted by Crippen LogP contribution is -2.33. The van der Waals surface area contributed by atoms with Crippen LogP contribution in [0, 0.1) is 11.3 Å². The summed E-state index contributed by atoms with van der Waals surface area (Å²) in [6, 6.07) is 8.58. The molecule has 2 heterocycles. The second-order valence-corrected chi connectivity index (χ2v) is 7.84. The first-order chi connectivity index (χ1) is 11.8. The summed E-state index contributed by atoms with van der Waals surface area (Å²) in [5.74, 6) is 0.526. The van der Waals surface area contributed by atoms with Crippen molar-refractivity contribution in [3.63, 3.8) is 0 Å². The van der Waals surface area contributed by atoms with Crippen molar-refractivity contribution in [2.24, 2.45) is 11.3 Å². The Bertz CT molecular complexity index is 598. The van der Waals surface area contributed by atoms with Crippen molar-refractivity contribution in [2.75, 3.05) is 26.2 Å². The number of nitrogens with zero attached hydrogens (tertiary/aromatic N) is 1. The van der Waals surface area contributed by atoms with Gasteiger partial charge in [0.1, 0.15) is 0 Å². The zero-order chi connectivity index (χ0) is 16.4. The number of likely N-dealkylation sites (tertiary alicyclic amines) is 1. The summed E-state index contributed by atoms with van der Waals surface area (Å²) < 4.78 is 0. The Kier molecular flexibility index (Phi) is 7.77. The van der Waals surface area contributed by atoms with Crippen LogP contribution < -0.4 is 10.6 Å². The van der Waals surface area contributed by atoms with E-state index in [1.807, 2.05) is 0 Å². The predicted octanol–water partition coefficient (Wildman–Crippen LogP) is 3.13. The Morgan fingerprint density at radius 2 is 1.77 bits per heavy atom. The maximum atomic E-state index is 12.6. The highest BCUT2D eigenvalue weighted by Gasteiger charge is 2.57. The lowest BCUT2D eigenvalue weighted by molar-refractivity contribution is -0.123. The van der Waals surface area contributed by atoms with E-state index in [0.29, 0.717) is 12.0 Å². The van der Waals surface area contributed by atoms with E-state index in [1.54, 1.807) is 0 Å². The molecule has 4 rings (SSSR count). The van der Waals surface area contributed by atoms with Crippen molar-refractivity contribution >= 4 is 30.7 Å². The molecule has 2 N–H and O–H groups in total. The van der Waals surface area contributed by atoms with Gasteiger partial charge in [0.25, 0.3) is 0 Å². The van der Waals surface area contributed by atoms with Crippen LogP contribution in [0.3, 0.4) is 0 Å². The largest absolute Gasteiger partial charge is 0.352 e. The summed E-state index contributed by atoms with van der Waals surface area (Å²) in [4.78, 5) is 15.1. The van der Waals surface area contributed by atoms with E-state index < -0.39 is 0 Å². The Morgan fingerprint density at radius 1 is 1.12 bits per heavy atom. The molecule has 0 radical (unpaired) electrons. The maximum Gasteiger partial charge on any atom is 0.223 e. The van der Waals surface area contributed by atoms with Gasteiger partial charge in [-0.25, -0.2) is 0 Å². The van der Waals surface area contributed by atoms with Crippen LogP contribution in [0.4, 0.5) is 0 Å². The zero-order valence-corrected chi connectivity index (χ0v) is 17.0. The molecule has 1 spiro atoms. The van der Waals surface area contributed by atoms with E-state index in [-0.39, 0.29) is 36.6 Å². The summed E-state index contributed by atoms with van der Waals surface area (Å²) in [5, 5.41) is 6.62. The van der Waals surface area contributed by atoms with E-state index in [2.05, 4.69) is 39.8 Å². The topological polar surface area (TPSA) is 44.4 Å². The van der Waals surface area contributed by atoms with Gasteiger partial charge in [-0.3, -0.25) is 9.69 Å². The predicted molar refractivity (Wildman–Crippen MR) is 110 cm³/mol. The molecule has 1 atom stereocenters. The van der Waals surface area contributed by atoms with Crippen LogP contribution in [0.1, 0.15) is 43.2 Å². The highest BCUT2D eigenvalue weighted by Crippen LogP contribution is 2.58. The SMILES string of the molecule is Cl.Cl.O=C(NCc1ccccc1CN1CCCC1)C1CC12CCNCC2. The molecule has 0 bridgehead atoms. The number of halogens is 2. The molecule has 1 aliphatic carbocycles. The minimum absolute atomic E-state index is 0. The van der Waals surface area contributed by atoms with Gasteiger partial charge in [0.2, 0.25) is 5.91 Å². The van der Waals surface area contributed by atoms with Crippen molar-refractivity contribution in [3.8, 4) is 0 Å². The van der Waals surface area contributed by atoms with Gasteiger partial charge in [-0.1, -0.05) is 24.3 Å². The first kappa shape index (κ1) is 21.5. The molecule has 146 valence electrons. The van der Waals surface area contributed by atoms with E-state index in [4.69, 9.17) is 0 Å². The molecule has 3 fully saturated rings. The maximum absolute atomic E-state index is 12.6. The smallest absolute Gasteiger partial charge is 0.223 e. The van der Waals surface area contributed by atoms with E-state index in [1.165, 1.54) is 37.1 Å². The summed E-state index contributed by atoms with van der Waals surface area (Å²) in [5.41, 5.74) is 2.97. The van der Waals surface area contributed by atoms with Gasteiger partial charge in [0.05, 0.1) is 0 Å². The lowest BCUT2D eigenvalue weighted by atomic mass is 9.92. The molecule has 1 aromatic rings. The first-order valence-electron chi connectivity index (χ1n) is 9.54. The number of carbonyl (C=O) groups is 1. The molecule has 1 saturated carbocycles. The number of benzene rings is 1. The average molecular weight is 400 g/mol. The number of hydrogen-bond donors (Lipinski definition) is 2. The second kappa shape index (κ2) is 9.41. The minimum Gasteiger partial charge on any atom is -0.352 e. The van der Waals surface area contributed by atoms with Crippen molar-refractivity contribution < 1.29 is 4.79 Å². The summed E-state index contributed by atoms with van der Waals surface area (Å²) in [6.07, 6.45) is 6.05. The molecular weight excluding hydrogens is 369 g/mol. The summed E-state index contributed by atoms with van der Waals surface area (Å²) in [6.45, 7) is 6.25. The summed E-state index contributed by atoms with van der Waals surface area (Å²) in [7, 11) is 0. The third-order valence-corrected chi connectivity index (χ3v) is 6.27. The molecule has 6 heteroatoms. The Morgan fingerprint density at radius 3 is 2.46 bits per heavy atom. The molecule has 2 saturated heterocycles. The van der Waals surface area contributed by atoms with Crippen LogP contribution in [-0.2, 0) is 17.9 Å². The van der Waals surface area contributed by atoms with Crippen LogP contribution in [0.2, 0.25) is 0 Å². The van der Waals surface area contributed by atoms with Crippen LogP contribution in [0.25, 0.3) is 0 Å². The quantitative estimate of drug-likeness (QED) is 0.798. The number of rotatable bonds is 5. The zero-order valence-electron chi connectivity index (χ0n) is 15.3. The Hall–Kier alpha value is -0.810. The van der Waals surface area contributed by atoms with Crippen molar-refractivity contribution in [1.82, 2.24) is 15.5 Å². The normalized spacial score (nSPS) is 23.8. The van der Waals surface area contributed by atoms with E-state index >= 15 is 0 Å². The van der Waals surface area contributed by atoms with Gasteiger partial charge >= 0.3 is 0 Å². The molecule has 4 nitrogen and oxygen atoms in total. The summed E-state index contributed by atoms with van der Waals surface area (Å²) >= 11 is 0. The Labute approximate surface area is 169 Å². The van der Waals surface area contributed by atoms with Gasteiger partial charge in [-0.15, -0.1) is 24.8 Å². The minimum atomic E-state index is 0. The molecule has 1 amide bonds. The van der Waals surface area contributed by atoms with Crippen molar-refractivity contribution in [3.05, 3.63) is 35.4 Å². The van der Waals surface area contributed by atoms with Gasteiger partial charge in [0, 0.05) is 19.0 Å². The highest BCUT2D eigenvalue weighted by molar-refractivity contribution is 5.85. The number of nitrogens with one attached hydrogen (secondary N) is 2. The molecule has 1 aromatic carbocycles. The van der Waals surface area contributed by atoms with Gasteiger partial charge in [0.15, 0.2) is 0 Å². The third-order valence-electron chi connectivity index (χ3n) is 6.27. The number of carbonyl (C=O) groups excluding carboxylic acids is 1. The fourth-order valence-electron chi connectivity index (χ4n) is 4.57. The Balaban J connectivity index is 0.00000121. The molecular formula is C20H31Cl2N3O. The number of hydrogen-bond acceptors (Lipinski definition) is 3. The van der Waals surface area contributed by atoms with E-state index in [0.717, 1.165) is 38.9 Å². The number of piperidine rings is 1. The standard InChI is InChI=1S/C20H29N3O.2ClH/c24-19(18-13-20(18)7-9-21-10-8-20)22-14-16-5-1-2-6-17(16)15-23-11-3-4-12-23;;/h1-2,5-6,18,21H,3-4,7-15H2,(H,22,24);2*1H. The van der Waals surface area contributed by atoms with Crippen molar-refractivity contribution in [2.45, 2.75) is 45.2 Å². The fraction of sp³-hybridized carbons (Fsp3) is 0.650. The van der Waals surface area contributed by atoms with Crippen LogP contribution in [0.5, 0.6) is 0 Å². The van der Waals surface area contributed by atoms with E-state index in [9.17, 15) is 4.79 Å². The van der Waals surface area contributed by atoms with Gasteiger partial charge in [-0.05, 0) is 74.8 Å². The fourth-order valence-corrected chi connectivity index (χ4v) is 4.57. The second-order valence-electron chi connectivity index (χ2n) is 7.84. The van der Waals surface area contributed by atoms with Crippen LogP contribution in [0.15, 0.2) is 24.3 Å².